The number of benzene rings is 1. The Hall–Kier alpha value is -1.63. The number of amides is 1. The molecule has 22 heavy (non-hydrogen) atoms. The highest BCUT2D eigenvalue weighted by Gasteiger charge is 2.19. The van der Waals surface area contributed by atoms with E-state index < -0.39 is 12.0 Å². The van der Waals surface area contributed by atoms with E-state index in [9.17, 15) is 9.90 Å². The van der Waals surface area contributed by atoms with Crippen molar-refractivity contribution in [3.05, 3.63) is 39.9 Å². The van der Waals surface area contributed by atoms with Crippen LogP contribution in [0.2, 0.25) is 10.0 Å². The Kier molecular flexibility index (Phi) is 5.39. The lowest BCUT2D eigenvalue weighted by molar-refractivity contribution is 0.0913. The third-order valence-corrected chi connectivity index (χ3v) is 3.51. The summed E-state index contributed by atoms with van der Waals surface area (Å²) in [7, 11) is 0. The van der Waals surface area contributed by atoms with Gasteiger partial charge in [0.05, 0.1) is 16.1 Å². The average molecular weight is 343 g/mol. The smallest absolute Gasteiger partial charge is 0.291 e. The molecule has 0 saturated carbocycles. The van der Waals surface area contributed by atoms with Crippen LogP contribution < -0.4 is 5.32 Å². The van der Waals surface area contributed by atoms with Crippen molar-refractivity contribution in [1.29, 1.82) is 0 Å². The Bertz CT molecular complexity index is 665. The van der Waals surface area contributed by atoms with Crippen molar-refractivity contribution in [2.75, 3.05) is 6.54 Å². The van der Waals surface area contributed by atoms with E-state index in [1.165, 1.54) is 4.68 Å². The molecule has 0 bridgehead atoms. The molecule has 0 aliphatic heterocycles. The fraction of sp³-hybridized carbons (Fsp3) is 0.357. The van der Waals surface area contributed by atoms with Crippen LogP contribution >= 0.6 is 23.2 Å². The van der Waals surface area contributed by atoms with Crippen molar-refractivity contribution in [1.82, 2.24) is 20.1 Å². The normalized spacial score (nSPS) is 12.2. The standard InChI is InChI=1S/C14H16Cl2N4O2/c1-3-11-18-13(14(22)17-7-8(2)21)19-20(11)12-9(15)5-4-6-10(12)16/h4-6,8,21H,3,7H2,1-2H3,(H,17,22). The molecular weight excluding hydrogens is 327 g/mol. The zero-order valence-corrected chi connectivity index (χ0v) is 13.7. The summed E-state index contributed by atoms with van der Waals surface area (Å²) in [6.45, 7) is 3.59. The zero-order chi connectivity index (χ0) is 16.3. The molecule has 1 aromatic carbocycles. The maximum absolute atomic E-state index is 12.0. The van der Waals surface area contributed by atoms with Crippen molar-refractivity contribution in [3.63, 3.8) is 0 Å². The summed E-state index contributed by atoms with van der Waals surface area (Å²) < 4.78 is 1.47. The number of aliphatic hydroxyl groups is 1. The summed E-state index contributed by atoms with van der Waals surface area (Å²) in [6, 6.07) is 5.11. The highest BCUT2D eigenvalue weighted by Crippen LogP contribution is 2.28. The molecule has 1 amide bonds. The molecule has 8 heteroatoms. The molecule has 0 fully saturated rings. The highest BCUT2D eigenvalue weighted by atomic mass is 35.5. The van der Waals surface area contributed by atoms with Crippen molar-refractivity contribution in [2.24, 2.45) is 0 Å². The third kappa shape index (κ3) is 3.58. The average Bonchev–Trinajstić information content (AvgIpc) is 2.88. The first-order chi connectivity index (χ1) is 10.4. The Labute approximate surface area is 138 Å². The Balaban J connectivity index is 2.39. The molecular formula is C14H16Cl2N4O2. The molecule has 2 N–H and O–H groups in total. The lowest BCUT2D eigenvalue weighted by atomic mass is 10.3. The monoisotopic (exact) mass is 342 g/mol. The molecule has 1 unspecified atom stereocenters. The van der Waals surface area contributed by atoms with Gasteiger partial charge in [-0.1, -0.05) is 36.2 Å². The number of aromatic nitrogens is 3. The first-order valence-electron chi connectivity index (χ1n) is 6.80. The molecule has 0 saturated heterocycles. The SMILES string of the molecule is CCc1nc(C(=O)NCC(C)O)nn1-c1c(Cl)cccc1Cl. The number of para-hydroxylation sites is 1. The van der Waals surface area contributed by atoms with Gasteiger partial charge < -0.3 is 10.4 Å². The van der Waals surface area contributed by atoms with E-state index >= 15 is 0 Å². The van der Waals surface area contributed by atoms with Crippen molar-refractivity contribution in [2.45, 2.75) is 26.4 Å². The maximum Gasteiger partial charge on any atom is 0.291 e. The van der Waals surface area contributed by atoms with Gasteiger partial charge in [-0.2, -0.15) is 0 Å². The third-order valence-electron chi connectivity index (χ3n) is 2.90. The van der Waals surface area contributed by atoms with Gasteiger partial charge in [-0.3, -0.25) is 4.79 Å². The van der Waals surface area contributed by atoms with Crippen LogP contribution in [0.5, 0.6) is 0 Å². The molecule has 6 nitrogen and oxygen atoms in total. The van der Waals surface area contributed by atoms with Crippen molar-refractivity contribution >= 4 is 29.1 Å². The number of rotatable bonds is 5. The van der Waals surface area contributed by atoms with E-state index in [4.69, 9.17) is 23.2 Å². The molecule has 0 radical (unpaired) electrons. The van der Waals surface area contributed by atoms with Crippen LogP contribution in [-0.2, 0) is 6.42 Å². The summed E-state index contributed by atoms with van der Waals surface area (Å²) in [6.07, 6.45) is -0.0900. The molecule has 0 aliphatic rings. The number of aliphatic hydroxyl groups excluding tert-OH is 1. The maximum atomic E-state index is 12.0. The van der Waals surface area contributed by atoms with Gasteiger partial charge in [0.25, 0.3) is 5.91 Å². The fourth-order valence-corrected chi connectivity index (χ4v) is 2.42. The van der Waals surface area contributed by atoms with E-state index in [1.54, 1.807) is 25.1 Å². The van der Waals surface area contributed by atoms with Gasteiger partial charge in [0, 0.05) is 13.0 Å². The van der Waals surface area contributed by atoms with Crippen LogP contribution in [-0.4, -0.2) is 38.4 Å². The van der Waals surface area contributed by atoms with Crippen LogP contribution in [0, 0.1) is 0 Å². The Morgan fingerprint density at radius 3 is 2.59 bits per heavy atom. The van der Waals surface area contributed by atoms with Crippen LogP contribution in [0.15, 0.2) is 18.2 Å². The minimum Gasteiger partial charge on any atom is -0.392 e. The van der Waals surface area contributed by atoms with Crippen LogP contribution in [0.3, 0.4) is 0 Å². The number of hydrogen-bond acceptors (Lipinski definition) is 4. The number of aryl methyl sites for hydroxylation is 1. The number of carbonyl (C=O) groups excluding carboxylic acids is 1. The van der Waals surface area contributed by atoms with Crippen molar-refractivity contribution in [3.8, 4) is 5.69 Å². The largest absolute Gasteiger partial charge is 0.392 e. The van der Waals surface area contributed by atoms with E-state index in [0.29, 0.717) is 28.0 Å². The number of nitrogens with zero attached hydrogens (tertiary/aromatic N) is 3. The van der Waals surface area contributed by atoms with Gasteiger partial charge in [-0.25, -0.2) is 9.67 Å². The fourth-order valence-electron chi connectivity index (χ4n) is 1.86. The van der Waals surface area contributed by atoms with Crippen LogP contribution in [0.4, 0.5) is 0 Å². The Morgan fingerprint density at radius 1 is 1.41 bits per heavy atom. The molecule has 1 atom stereocenters. The molecule has 2 aromatic rings. The predicted molar refractivity (Wildman–Crippen MR) is 84.8 cm³/mol. The van der Waals surface area contributed by atoms with Crippen LogP contribution in [0.25, 0.3) is 5.69 Å². The molecule has 1 aromatic heterocycles. The quantitative estimate of drug-likeness (QED) is 0.873. The van der Waals surface area contributed by atoms with Gasteiger partial charge in [0.2, 0.25) is 5.82 Å². The molecule has 1 heterocycles. The van der Waals surface area contributed by atoms with Gasteiger partial charge in [-0.15, -0.1) is 5.10 Å². The lowest BCUT2D eigenvalue weighted by Crippen LogP contribution is -2.31. The first-order valence-corrected chi connectivity index (χ1v) is 7.56. The predicted octanol–water partition coefficient (Wildman–Crippen LogP) is 2.25. The summed E-state index contributed by atoms with van der Waals surface area (Å²) >= 11 is 12.4. The molecule has 2 rings (SSSR count). The topological polar surface area (TPSA) is 80.0 Å². The highest BCUT2D eigenvalue weighted by molar-refractivity contribution is 6.37. The van der Waals surface area contributed by atoms with Gasteiger partial charge in [0.15, 0.2) is 0 Å². The lowest BCUT2D eigenvalue weighted by Gasteiger charge is -2.08. The number of hydrogen-bond donors (Lipinski definition) is 2. The molecule has 0 aliphatic carbocycles. The Morgan fingerprint density at radius 2 is 2.05 bits per heavy atom. The summed E-state index contributed by atoms with van der Waals surface area (Å²) in [5.74, 6) is 0.114. The first kappa shape index (κ1) is 16.7. The number of nitrogens with one attached hydrogen (secondary N) is 1. The van der Waals surface area contributed by atoms with E-state index in [2.05, 4.69) is 15.4 Å². The minimum atomic E-state index is -0.644. The van der Waals surface area contributed by atoms with E-state index in [-0.39, 0.29) is 12.4 Å². The summed E-state index contributed by atoms with van der Waals surface area (Å²) in [5, 5.41) is 16.8. The van der Waals surface area contributed by atoms with Gasteiger partial charge >= 0.3 is 0 Å². The second-order valence-electron chi connectivity index (χ2n) is 4.75. The van der Waals surface area contributed by atoms with Crippen LogP contribution in [0.1, 0.15) is 30.3 Å². The molecule has 0 spiro atoms. The van der Waals surface area contributed by atoms with Crippen molar-refractivity contribution < 1.29 is 9.90 Å². The van der Waals surface area contributed by atoms with E-state index in [0.717, 1.165) is 0 Å². The minimum absolute atomic E-state index is 0.00786. The number of halogens is 2. The van der Waals surface area contributed by atoms with Gasteiger partial charge in [-0.05, 0) is 19.1 Å². The second kappa shape index (κ2) is 7.09. The van der Waals surface area contributed by atoms with E-state index in [1.807, 2.05) is 6.92 Å². The zero-order valence-electron chi connectivity index (χ0n) is 12.2. The number of carbonyl (C=O) groups is 1. The van der Waals surface area contributed by atoms with Gasteiger partial charge in [0.1, 0.15) is 11.5 Å². The molecule has 118 valence electrons. The second-order valence-corrected chi connectivity index (χ2v) is 5.56. The summed E-state index contributed by atoms with van der Waals surface area (Å²) in [4.78, 5) is 16.2. The summed E-state index contributed by atoms with van der Waals surface area (Å²) in [5.41, 5.74) is 0.491.